The maximum atomic E-state index is 12.9. The predicted molar refractivity (Wildman–Crippen MR) is 154 cm³/mol. The van der Waals surface area contributed by atoms with Crippen LogP contribution in [0.2, 0.25) is 6.32 Å². The number of amides is 2. The van der Waals surface area contributed by atoms with Crippen LogP contribution in [0.4, 0.5) is 4.79 Å². The highest BCUT2D eigenvalue weighted by atomic mass is 16.6. The number of fused-ring (bicyclic) bond motifs is 3. The molecule has 2 radical (unpaired) electrons. The minimum atomic E-state index is -1.20. The van der Waals surface area contributed by atoms with Gasteiger partial charge in [0.2, 0.25) is 5.91 Å². The third-order valence-electron chi connectivity index (χ3n) is 6.41. The second kappa shape index (κ2) is 15.6. The number of carbonyl (C=O) groups excluding carboxylic acids is 2. The number of nitrogens with zero attached hydrogens (tertiary/aromatic N) is 1. The number of benzene rings is 2. The first kappa shape index (κ1) is 32.1. The van der Waals surface area contributed by atoms with Crippen molar-refractivity contribution in [2.45, 2.75) is 44.7 Å². The molecule has 0 bridgehead atoms. The summed E-state index contributed by atoms with van der Waals surface area (Å²) in [6, 6.07) is 15.3. The van der Waals surface area contributed by atoms with Gasteiger partial charge in [-0.2, -0.15) is 0 Å². The van der Waals surface area contributed by atoms with Gasteiger partial charge in [0.25, 0.3) is 0 Å². The van der Waals surface area contributed by atoms with Crippen molar-refractivity contribution in [3.63, 3.8) is 0 Å². The number of aliphatic carboxylic acids is 1. The molecule has 3 rings (SSSR count). The van der Waals surface area contributed by atoms with E-state index in [0.29, 0.717) is 19.8 Å². The summed E-state index contributed by atoms with van der Waals surface area (Å²) in [6.45, 7) is 6.68. The second-order valence-electron chi connectivity index (χ2n) is 10.7. The Morgan fingerprint density at radius 2 is 1.54 bits per heavy atom. The van der Waals surface area contributed by atoms with Crippen LogP contribution in [0.5, 0.6) is 0 Å². The molecule has 0 saturated carbocycles. The number of nitrogens with one attached hydrogen (secondary N) is 1. The molecule has 2 N–H and O–H groups in total. The monoisotopic (exact) mass is 566 g/mol. The van der Waals surface area contributed by atoms with E-state index in [1.165, 1.54) is 0 Å². The summed E-state index contributed by atoms with van der Waals surface area (Å²) < 4.78 is 22.4. The van der Waals surface area contributed by atoms with E-state index in [2.05, 4.69) is 17.4 Å². The van der Waals surface area contributed by atoms with Crippen molar-refractivity contribution < 1.29 is 38.4 Å². The first-order chi connectivity index (χ1) is 19.6. The number of ether oxygens (including phenoxy) is 4. The van der Waals surface area contributed by atoms with Crippen molar-refractivity contribution in [3.8, 4) is 11.1 Å². The number of carbonyl (C=O) groups is 3. The molecule has 0 unspecified atom stereocenters. The molecular weight excluding hydrogens is 527 g/mol. The van der Waals surface area contributed by atoms with Crippen molar-refractivity contribution in [2.24, 2.45) is 0 Å². The van der Waals surface area contributed by atoms with Crippen molar-refractivity contribution >= 4 is 25.8 Å². The zero-order valence-electron chi connectivity index (χ0n) is 24.0. The Bertz CT molecular complexity index is 1120. The third kappa shape index (κ3) is 10.2. The van der Waals surface area contributed by atoms with Crippen LogP contribution in [0.3, 0.4) is 0 Å². The molecule has 0 aromatic heterocycles. The van der Waals surface area contributed by atoms with Gasteiger partial charge in [-0.3, -0.25) is 9.59 Å². The summed E-state index contributed by atoms with van der Waals surface area (Å²) >= 11 is 0. The molecule has 220 valence electrons. The molecule has 0 saturated heterocycles. The lowest BCUT2D eigenvalue weighted by molar-refractivity contribution is -0.144. The van der Waals surface area contributed by atoms with Gasteiger partial charge >= 0.3 is 12.1 Å². The standard InChI is InChI=1S/C30H39BN2O8/c1-30(2,3)41-15-14-38-12-13-39-19-21(17-33(18-28(35)36)27(34)16-31)32-29(37)40-20-26-24-10-6-4-8-22(24)23-9-5-7-11-25(23)26/h4-11,21,26H,12-20H2,1-3H3,(H,32,37)(H,35,36)/t21-/m0/s1. The average Bonchev–Trinajstić information content (AvgIpc) is 3.25. The fraction of sp³-hybridized carbons (Fsp3) is 0.500. The molecule has 0 spiro atoms. The smallest absolute Gasteiger partial charge is 0.407 e. The molecule has 0 heterocycles. The molecule has 11 heteroatoms. The molecule has 2 aromatic rings. The van der Waals surface area contributed by atoms with Crippen LogP contribution in [-0.2, 0) is 28.5 Å². The molecule has 1 aliphatic rings. The van der Waals surface area contributed by atoms with Gasteiger partial charge in [0.1, 0.15) is 13.2 Å². The van der Waals surface area contributed by atoms with Gasteiger partial charge in [-0.25, -0.2) is 4.79 Å². The van der Waals surface area contributed by atoms with E-state index in [1.807, 2.05) is 57.2 Å². The highest BCUT2D eigenvalue weighted by Crippen LogP contribution is 2.44. The minimum Gasteiger partial charge on any atom is -0.480 e. The lowest BCUT2D eigenvalue weighted by Crippen LogP contribution is -2.49. The Morgan fingerprint density at radius 1 is 0.951 bits per heavy atom. The van der Waals surface area contributed by atoms with Gasteiger partial charge < -0.3 is 34.3 Å². The number of carboxylic acid groups (broad SMARTS) is 1. The normalized spacial score (nSPS) is 13.2. The van der Waals surface area contributed by atoms with E-state index in [1.54, 1.807) is 0 Å². The molecule has 10 nitrogen and oxygen atoms in total. The number of hydrogen-bond donors (Lipinski definition) is 2. The molecule has 1 atom stereocenters. The zero-order chi connectivity index (χ0) is 29.8. The number of carboxylic acids is 1. The summed E-state index contributed by atoms with van der Waals surface area (Å²) in [5.41, 5.74) is 4.13. The fourth-order valence-corrected chi connectivity index (χ4v) is 4.61. The van der Waals surface area contributed by atoms with Crippen molar-refractivity contribution in [3.05, 3.63) is 59.7 Å². The molecular formula is C30H39BN2O8. The van der Waals surface area contributed by atoms with Crippen molar-refractivity contribution in [1.82, 2.24) is 10.2 Å². The van der Waals surface area contributed by atoms with Crippen LogP contribution < -0.4 is 5.32 Å². The van der Waals surface area contributed by atoms with Gasteiger partial charge in [0.15, 0.2) is 0 Å². The maximum absolute atomic E-state index is 12.9. The van der Waals surface area contributed by atoms with Crippen LogP contribution in [0, 0.1) is 0 Å². The topological polar surface area (TPSA) is 124 Å². The Balaban J connectivity index is 1.57. The van der Waals surface area contributed by atoms with E-state index >= 15 is 0 Å². The summed E-state index contributed by atoms with van der Waals surface area (Å²) in [5.74, 6) is -1.88. The van der Waals surface area contributed by atoms with Crippen LogP contribution in [0.25, 0.3) is 11.1 Å². The largest absolute Gasteiger partial charge is 0.480 e. The summed E-state index contributed by atoms with van der Waals surface area (Å²) in [6.07, 6.45) is -1.07. The Kier molecular flexibility index (Phi) is 12.2. The highest BCUT2D eigenvalue weighted by Gasteiger charge is 2.29. The molecule has 2 amide bonds. The summed E-state index contributed by atoms with van der Waals surface area (Å²) in [5, 5.41) is 12.0. The van der Waals surface area contributed by atoms with Gasteiger partial charge in [-0.05, 0) is 49.3 Å². The molecule has 0 aliphatic heterocycles. The van der Waals surface area contributed by atoms with Gasteiger partial charge in [-0.1, -0.05) is 48.5 Å². The average molecular weight is 566 g/mol. The Hall–Kier alpha value is -3.41. The molecule has 2 aromatic carbocycles. The van der Waals surface area contributed by atoms with E-state index < -0.39 is 30.6 Å². The Morgan fingerprint density at radius 3 is 2.12 bits per heavy atom. The summed E-state index contributed by atoms with van der Waals surface area (Å²) in [4.78, 5) is 37.6. The molecule has 41 heavy (non-hydrogen) atoms. The fourth-order valence-electron chi connectivity index (χ4n) is 4.61. The minimum absolute atomic E-state index is 0.0000169. The lowest BCUT2D eigenvalue weighted by Gasteiger charge is -2.27. The summed E-state index contributed by atoms with van der Waals surface area (Å²) in [7, 11) is 5.47. The van der Waals surface area contributed by atoms with E-state index in [0.717, 1.165) is 27.2 Å². The number of rotatable bonds is 16. The van der Waals surface area contributed by atoms with Crippen LogP contribution in [-0.4, -0.2) is 100 Å². The zero-order valence-corrected chi connectivity index (χ0v) is 24.0. The van der Waals surface area contributed by atoms with Crippen molar-refractivity contribution in [2.75, 3.05) is 52.7 Å². The van der Waals surface area contributed by atoms with Gasteiger partial charge in [-0.15, -0.1) is 0 Å². The number of hydrogen-bond acceptors (Lipinski definition) is 7. The highest BCUT2D eigenvalue weighted by molar-refractivity contribution is 6.19. The number of alkyl carbamates (subject to hydrolysis) is 1. The van der Waals surface area contributed by atoms with Gasteiger partial charge in [0.05, 0.1) is 52.5 Å². The third-order valence-corrected chi connectivity index (χ3v) is 6.41. The quantitative estimate of drug-likeness (QED) is 0.235. The second-order valence-corrected chi connectivity index (χ2v) is 10.7. The van der Waals surface area contributed by atoms with E-state index in [4.69, 9.17) is 26.8 Å². The van der Waals surface area contributed by atoms with E-state index in [9.17, 15) is 19.5 Å². The van der Waals surface area contributed by atoms with Gasteiger partial charge in [0, 0.05) is 12.5 Å². The Labute approximate surface area is 242 Å². The van der Waals surface area contributed by atoms with E-state index in [-0.39, 0.29) is 44.2 Å². The first-order valence-electron chi connectivity index (χ1n) is 13.7. The van der Waals surface area contributed by atoms with Crippen LogP contribution >= 0.6 is 0 Å². The van der Waals surface area contributed by atoms with Crippen LogP contribution in [0.1, 0.15) is 37.8 Å². The SMILES string of the molecule is [B]CC(=O)N(CC(=O)O)C[C@@H](COCCOCCOC(C)(C)C)NC(=O)OCC1c2ccccc2-c2ccccc21. The molecule has 1 aliphatic carbocycles. The molecule has 0 fully saturated rings. The first-order valence-corrected chi connectivity index (χ1v) is 13.7. The lowest BCUT2D eigenvalue weighted by atomic mass is 9.98. The predicted octanol–water partition coefficient (Wildman–Crippen LogP) is 3.24. The van der Waals surface area contributed by atoms with Crippen LogP contribution in [0.15, 0.2) is 48.5 Å². The maximum Gasteiger partial charge on any atom is 0.407 e. The van der Waals surface area contributed by atoms with Crippen molar-refractivity contribution in [1.29, 1.82) is 0 Å².